The van der Waals surface area contributed by atoms with Crippen molar-refractivity contribution in [3.8, 4) is 11.4 Å². The number of hydrogen-bond acceptors (Lipinski definition) is 4. The minimum Gasteiger partial charge on any atom is -0.320 e. The fraction of sp³-hybridized carbons (Fsp3) is 0.118. The van der Waals surface area contributed by atoms with Crippen LogP contribution in [0.2, 0.25) is 0 Å². The van der Waals surface area contributed by atoms with Gasteiger partial charge in [-0.15, -0.1) is 10.2 Å². The molecule has 0 unspecified atom stereocenters. The van der Waals surface area contributed by atoms with Crippen LogP contribution in [0.5, 0.6) is 0 Å². The number of carbonyl (C=O) groups excluding carboxylic acids is 1. The summed E-state index contributed by atoms with van der Waals surface area (Å²) in [6, 6.07) is 9.10. The predicted octanol–water partition coefficient (Wildman–Crippen LogP) is 3.63. The van der Waals surface area contributed by atoms with Crippen molar-refractivity contribution in [2.24, 2.45) is 7.05 Å². The third-order valence-corrected chi connectivity index (χ3v) is 4.52. The Labute approximate surface area is 151 Å². The standard InChI is InChI=1S/C17H13F3N4OS/c1-24-16(10-5-7-11(18)8-6-10)22-23-17(24)26-9-14(25)21-15-12(19)3-2-4-13(15)20/h2-8H,9H2,1H3,(H,21,25). The van der Waals surface area contributed by atoms with Crippen molar-refractivity contribution >= 4 is 23.4 Å². The van der Waals surface area contributed by atoms with E-state index in [1.54, 1.807) is 23.7 Å². The van der Waals surface area contributed by atoms with Crippen LogP contribution in [0.15, 0.2) is 47.6 Å². The molecule has 0 aliphatic rings. The van der Waals surface area contributed by atoms with Crippen LogP contribution in [-0.4, -0.2) is 26.4 Å². The first kappa shape index (κ1) is 18.0. The minimum atomic E-state index is -0.847. The molecule has 1 heterocycles. The molecular weight excluding hydrogens is 365 g/mol. The molecule has 9 heteroatoms. The Morgan fingerprint density at radius 1 is 1.08 bits per heavy atom. The highest BCUT2D eigenvalue weighted by Gasteiger charge is 2.15. The summed E-state index contributed by atoms with van der Waals surface area (Å²) in [7, 11) is 1.70. The molecule has 0 spiro atoms. The number of para-hydroxylation sites is 1. The Morgan fingerprint density at radius 3 is 2.38 bits per heavy atom. The van der Waals surface area contributed by atoms with Gasteiger partial charge in [-0.25, -0.2) is 13.2 Å². The number of rotatable bonds is 5. The van der Waals surface area contributed by atoms with Gasteiger partial charge >= 0.3 is 0 Å². The van der Waals surface area contributed by atoms with Gasteiger partial charge in [-0.1, -0.05) is 17.8 Å². The molecule has 0 bridgehead atoms. The molecule has 0 atom stereocenters. The van der Waals surface area contributed by atoms with E-state index >= 15 is 0 Å². The molecule has 0 radical (unpaired) electrons. The largest absolute Gasteiger partial charge is 0.320 e. The zero-order chi connectivity index (χ0) is 18.7. The molecule has 0 saturated carbocycles. The van der Waals surface area contributed by atoms with Gasteiger partial charge < -0.3 is 9.88 Å². The predicted molar refractivity (Wildman–Crippen MR) is 92.1 cm³/mol. The molecule has 2 aromatic carbocycles. The lowest BCUT2D eigenvalue weighted by atomic mass is 10.2. The summed E-state index contributed by atoms with van der Waals surface area (Å²) >= 11 is 1.06. The van der Waals surface area contributed by atoms with Crippen molar-refractivity contribution in [3.63, 3.8) is 0 Å². The molecule has 0 saturated heterocycles. The zero-order valence-corrected chi connectivity index (χ0v) is 14.4. The summed E-state index contributed by atoms with van der Waals surface area (Å²) in [6.45, 7) is 0. The van der Waals surface area contributed by atoms with Crippen LogP contribution < -0.4 is 5.32 Å². The highest BCUT2D eigenvalue weighted by molar-refractivity contribution is 7.99. The lowest BCUT2D eigenvalue weighted by molar-refractivity contribution is -0.113. The van der Waals surface area contributed by atoms with Gasteiger partial charge in [0, 0.05) is 12.6 Å². The Bertz CT molecular complexity index is 923. The van der Waals surface area contributed by atoms with Gasteiger partial charge in [0.1, 0.15) is 23.1 Å². The van der Waals surface area contributed by atoms with Gasteiger partial charge in [0.2, 0.25) is 5.91 Å². The maximum Gasteiger partial charge on any atom is 0.235 e. The maximum absolute atomic E-state index is 13.5. The average molecular weight is 378 g/mol. The lowest BCUT2D eigenvalue weighted by Gasteiger charge is -2.07. The normalized spacial score (nSPS) is 10.8. The SMILES string of the molecule is Cn1c(SCC(=O)Nc2c(F)cccc2F)nnc1-c1ccc(F)cc1. The van der Waals surface area contributed by atoms with Crippen LogP contribution in [0.25, 0.3) is 11.4 Å². The molecule has 134 valence electrons. The minimum absolute atomic E-state index is 0.108. The van der Waals surface area contributed by atoms with E-state index < -0.39 is 23.2 Å². The number of halogens is 3. The molecular formula is C17H13F3N4OS. The van der Waals surface area contributed by atoms with Crippen molar-refractivity contribution in [2.45, 2.75) is 5.16 Å². The topological polar surface area (TPSA) is 59.8 Å². The van der Waals surface area contributed by atoms with Gasteiger partial charge in [-0.05, 0) is 36.4 Å². The van der Waals surface area contributed by atoms with E-state index in [4.69, 9.17) is 0 Å². The fourth-order valence-electron chi connectivity index (χ4n) is 2.21. The maximum atomic E-state index is 13.5. The van der Waals surface area contributed by atoms with Crippen LogP contribution in [0, 0.1) is 17.5 Å². The number of nitrogens with one attached hydrogen (secondary N) is 1. The van der Waals surface area contributed by atoms with E-state index in [2.05, 4.69) is 15.5 Å². The Hall–Kier alpha value is -2.81. The summed E-state index contributed by atoms with van der Waals surface area (Å²) in [4.78, 5) is 12.0. The lowest BCUT2D eigenvalue weighted by Crippen LogP contribution is -2.16. The van der Waals surface area contributed by atoms with Gasteiger partial charge in [0.05, 0.1) is 5.75 Å². The first-order valence-corrected chi connectivity index (χ1v) is 8.46. The zero-order valence-electron chi connectivity index (χ0n) is 13.5. The second-order valence-electron chi connectivity index (χ2n) is 5.31. The smallest absolute Gasteiger partial charge is 0.235 e. The number of thioether (sulfide) groups is 1. The second kappa shape index (κ2) is 7.61. The quantitative estimate of drug-likeness (QED) is 0.689. The van der Waals surface area contributed by atoms with Crippen LogP contribution in [0.3, 0.4) is 0 Å². The number of aromatic nitrogens is 3. The highest BCUT2D eigenvalue weighted by atomic mass is 32.2. The summed E-state index contributed by atoms with van der Waals surface area (Å²) in [5.74, 6) is -2.23. The molecule has 5 nitrogen and oxygen atoms in total. The summed E-state index contributed by atoms with van der Waals surface area (Å²) in [6.07, 6.45) is 0. The third-order valence-electron chi connectivity index (χ3n) is 3.50. The first-order chi connectivity index (χ1) is 12.5. The van der Waals surface area contributed by atoms with Crippen molar-refractivity contribution in [2.75, 3.05) is 11.1 Å². The summed E-state index contributed by atoms with van der Waals surface area (Å²) in [5.41, 5.74) is 0.189. The van der Waals surface area contributed by atoms with Crippen LogP contribution in [-0.2, 0) is 11.8 Å². The van der Waals surface area contributed by atoms with E-state index in [0.717, 1.165) is 23.9 Å². The van der Waals surface area contributed by atoms with Crippen molar-refractivity contribution < 1.29 is 18.0 Å². The van der Waals surface area contributed by atoms with Gasteiger partial charge in [0.15, 0.2) is 11.0 Å². The molecule has 0 aliphatic heterocycles. The van der Waals surface area contributed by atoms with Gasteiger partial charge in [-0.3, -0.25) is 4.79 Å². The molecule has 0 fully saturated rings. The Balaban J connectivity index is 1.67. The van der Waals surface area contributed by atoms with E-state index in [1.165, 1.54) is 18.2 Å². The summed E-state index contributed by atoms with van der Waals surface area (Å²) in [5, 5.41) is 10.6. The molecule has 1 aromatic heterocycles. The number of amides is 1. The number of benzene rings is 2. The van der Waals surface area contributed by atoms with Crippen LogP contribution >= 0.6 is 11.8 Å². The number of carbonyl (C=O) groups is 1. The van der Waals surface area contributed by atoms with Gasteiger partial charge in [0.25, 0.3) is 0 Å². The number of nitrogens with zero attached hydrogens (tertiary/aromatic N) is 3. The van der Waals surface area contributed by atoms with Crippen molar-refractivity contribution in [1.29, 1.82) is 0 Å². The van der Waals surface area contributed by atoms with Crippen molar-refractivity contribution in [1.82, 2.24) is 14.8 Å². The highest BCUT2D eigenvalue weighted by Crippen LogP contribution is 2.23. The number of hydrogen-bond donors (Lipinski definition) is 1. The monoisotopic (exact) mass is 378 g/mol. The Kier molecular flexibility index (Phi) is 5.27. The number of anilines is 1. The fourth-order valence-corrected chi connectivity index (χ4v) is 2.92. The molecule has 3 aromatic rings. The van der Waals surface area contributed by atoms with E-state index in [9.17, 15) is 18.0 Å². The molecule has 3 rings (SSSR count). The van der Waals surface area contributed by atoms with Crippen LogP contribution in [0.1, 0.15) is 0 Å². The first-order valence-electron chi connectivity index (χ1n) is 7.47. The van der Waals surface area contributed by atoms with Crippen LogP contribution in [0.4, 0.5) is 18.9 Å². The van der Waals surface area contributed by atoms with E-state index in [-0.39, 0.29) is 11.6 Å². The average Bonchev–Trinajstić information content (AvgIpc) is 2.98. The molecule has 1 N–H and O–H groups in total. The second-order valence-corrected chi connectivity index (χ2v) is 6.25. The van der Waals surface area contributed by atoms with Gasteiger partial charge in [-0.2, -0.15) is 0 Å². The molecule has 1 amide bonds. The Morgan fingerprint density at radius 2 is 1.73 bits per heavy atom. The summed E-state index contributed by atoms with van der Waals surface area (Å²) < 4.78 is 41.7. The van der Waals surface area contributed by atoms with Crippen molar-refractivity contribution in [3.05, 3.63) is 59.9 Å². The molecule has 0 aliphatic carbocycles. The third kappa shape index (κ3) is 3.88. The van der Waals surface area contributed by atoms with E-state index in [0.29, 0.717) is 16.5 Å². The molecule has 26 heavy (non-hydrogen) atoms. The van der Waals surface area contributed by atoms with E-state index in [1.807, 2.05) is 0 Å².